The van der Waals surface area contributed by atoms with Gasteiger partial charge >= 0.3 is 0 Å². The lowest BCUT2D eigenvalue weighted by Crippen LogP contribution is -2.37. The number of nitrogens with one attached hydrogen (secondary N) is 1. The van der Waals surface area contributed by atoms with Crippen molar-refractivity contribution < 1.29 is 8.42 Å². The first-order valence-corrected chi connectivity index (χ1v) is 8.94. The lowest BCUT2D eigenvalue weighted by Gasteiger charge is -2.24. The van der Waals surface area contributed by atoms with E-state index in [1.807, 2.05) is 0 Å². The molecule has 1 fully saturated rings. The van der Waals surface area contributed by atoms with Crippen molar-refractivity contribution in [3.05, 3.63) is 35.4 Å². The summed E-state index contributed by atoms with van der Waals surface area (Å²) in [6, 6.07) is 8.75. The maximum Gasteiger partial charge on any atom is 0.150 e. The Morgan fingerprint density at radius 3 is 2.35 bits per heavy atom. The van der Waals surface area contributed by atoms with Gasteiger partial charge < -0.3 is 10.2 Å². The third-order valence-corrected chi connectivity index (χ3v) is 5.46. The molecule has 0 spiro atoms. The van der Waals surface area contributed by atoms with Crippen molar-refractivity contribution >= 4 is 9.84 Å². The fourth-order valence-corrected chi connectivity index (χ4v) is 4.06. The average Bonchev–Trinajstić information content (AvgIpc) is 2.38. The minimum Gasteiger partial charge on any atom is -0.310 e. The van der Waals surface area contributed by atoms with Gasteiger partial charge in [0.05, 0.1) is 11.5 Å². The van der Waals surface area contributed by atoms with E-state index in [2.05, 4.69) is 48.6 Å². The molecule has 1 aliphatic rings. The highest BCUT2D eigenvalue weighted by molar-refractivity contribution is 7.91. The third-order valence-electron chi connectivity index (χ3n) is 3.74. The number of hydrogen-bond acceptors (Lipinski definition) is 4. The van der Waals surface area contributed by atoms with Crippen LogP contribution in [0.1, 0.15) is 24.0 Å². The van der Waals surface area contributed by atoms with Gasteiger partial charge in [-0.05, 0) is 38.1 Å². The Kier molecular flexibility index (Phi) is 5.18. The highest BCUT2D eigenvalue weighted by Gasteiger charge is 2.23. The molecule has 0 amide bonds. The predicted molar refractivity (Wildman–Crippen MR) is 82.3 cm³/mol. The molecule has 1 aromatic rings. The molecule has 1 aromatic carbocycles. The van der Waals surface area contributed by atoms with E-state index in [0.29, 0.717) is 17.5 Å². The van der Waals surface area contributed by atoms with Gasteiger partial charge in [-0.2, -0.15) is 0 Å². The molecular formula is C15H24N2O2S. The zero-order valence-electron chi connectivity index (χ0n) is 12.3. The molecule has 20 heavy (non-hydrogen) atoms. The topological polar surface area (TPSA) is 49.4 Å². The van der Waals surface area contributed by atoms with Gasteiger partial charge in [0.1, 0.15) is 9.84 Å². The van der Waals surface area contributed by atoms with Crippen molar-refractivity contribution in [2.75, 3.05) is 25.6 Å². The molecule has 1 heterocycles. The Bertz CT molecular complexity index is 527. The first-order valence-electron chi connectivity index (χ1n) is 7.11. The molecule has 4 nitrogen and oxygen atoms in total. The molecule has 1 saturated heterocycles. The summed E-state index contributed by atoms with van der Waals surface area (Å²) in [5.74, 6) is 0.647. The van der Waals surface area contributed by atoms with E-state index in [1.54, 1.807) is 0 Å². The lowest BCUT2D eigenvalue weighted by atomic mass is 10.1. The maximum atomic E-state index is 11.4. The van der Waals surface area contributed by atoms with Crippen LogP contribution in [0.2, 0.25) is 0 Å². The van der Waals surface area contributed by atoms with Gasteiger partial charge in [-0.15, -0.1) is 0 Å². The van der Waals surface area contributed by atoms with Crippen LogP contribution in [0.5, 0.6) is 0 Å². The highest BCUT2D eigenvalue weighted by Crippen LogP contribution is 2.15. The summed E-state index contributed by atoms with van der Waals surface area (Å²) in [4.78, 5) is 2.16. The van der Waals surface area contributed by atoms with Gasteiger partial charge in [0, 0.05) is 19.1 Å². The quantitative estimate of drug-likeness (QED) is 0.893. The molecule has 0 aliphatic carbocycles. The van der Waals surface area contributed by atoms with E-state index in [9.17, 15) is 8.42 Å². The van der Waals surface area contributed by atoms with Gasteiger partial charge in [0.25, 0.3) is 0 Å². The largest absolute Gasteiger partial charge is 0.310 e. The van der Waals surface area contributed by atoms with Crippen molar-refractivity contribution in [1.82, 2.24) is 10.2 Å². The predicted octanol–water partition coefficient (Wildman–Crippen LogP) is 1.41. The Morgan fingerprint density at radius 2 is 1.75 bits per heavy atom. The summed E-state index contributed by atoms with van der Waals surface area (Å²) >= 11 is 0. The Labute approximate surface area is 122 Å². The van der Waals surface area contributed by atoms with E-state index >= 15 is 0 Å². The van der Waals surface area contributed by atoms with Crippen molar-refractivity contribution in [3.63, 3.8) is 0 Å². The number of sulfone groups is 1. The Balaban J connectivity index is 1.91. The van der Waals surface area contributed by atoms with Gasteiger partial charge in [-0.1, -0.05) is 24.3 Å². The molecule has 5 heteroatoms. The van der Waals surface area contributed by atoms with Gasteiger partial charge in [0.2, 0.25) is 0 Å². The normalized spacial score (nSPS) is 19.4. The minimum absolute atomic E-state index is 0.323. The summed E-state index contributed by atoms with van der Waals surface area (Å²) in [6.07, 6.45) is 1.47. The molecule has 112 valence electrons. The summed E-state index contributed by atoms with van der Waals surface area (Å²) in [7, 11) is 1.36. The number of benzene rings is 1. The number of rotatable bonds is 5. The van der Waals surface area contributed by atoms with E-state index in [0.717, 1.165) is 25.9 Å². The minimum atomic E-state index is -2.77. The van der Waals surface area contributed by atoms with Crippen LogP contribution in [-0.2, 0) is 22.9 Å². The summed E-state index contributed by atoms with van der Waals surface area (Å²) in [5, 5.41) is 3.51. The molecule has 0 saturated carbocycles. The van der Waals surface area contributed by atoms with Gasteiger partial charge in [-0.3, -0.25) is 0 Å². The van der Waals surface area contributed by atoms with E-state index in [-0.39, 0.29) is 0 Å². The zero-order chi connectivity index (χ0) is 14.6. The summed E-state index contributed by atoms with van der Waals surface area (Å²) < 4.78 is 22.8. The maximum absolute atomic E-state index is 11.4. The molecule has 2 rings (SSSR count). The van der Waals surface area contributed by atoms with Crippen LogP contribution in [0.25, 0.3) is 0 Å². The molecule has 0 radical (unpaired) electrons. The van der Waals surface area contributed by atoms with Crippen LogP contribution in [-0.4, -0.2) is 45.0 Å². The first-order chi connectivity index (χ1) is 9.46. The number of hydrogen-bond donors (Lipinski definition) is 1. The molecule has 0 unspecified atom stereocenters. The van der Waals surface area contributed by atoms with Crippen molar-refractivity contribution in [3.8, 4) is 0 Å². The SMILES string of the molecule is CN(C)Cc1ccccc1CNC1CCS(=O)(=O)CC1. The van der Waals surface area contributed by atoms with E-state index in [4.69, 9.17) is 0 Å². The van der Waals surface area contributed by atoms with Crippen LogP contribution >= 0.6 is 0 Å². The molecule has 1 N–H and O–H groups in total. The summed E-state index contributed by atoms with van der Waals surface area (Å²) in [6.45, 7) is 1.74. The van der Waals surface area contributed by atoms with Crippen LogP contribution < -0.4 is 5.32 Å². The second kappa shape index (κ2) is 6.70. The monoisotopic (exact) mass is 296 g/mol. The van der Waals surface area contributed by atoms with Crippen molar-refractivity contribution in [1.29, 1.82) is 0 Å². The van der Waals surface area contributed by atoms with Crippen molar-refractivity contribution in [2.45, 2.75) is 32.0 Å². The molecular weight excluding hydrogens is 272 g/mol. The highest BCUT2D eigenvalue weighted by atomic mass is 32.2. The second-order valence-corrected chi connectivity index (χ2v) is 8.12. The van der Waals surface area contributed by atoms with E-state index in [1.165, 1.54) is 11.1 Å². The Hall–Kier alpha value is -0.910. The van der Waals surface area contributed by atoms with Crippen LogP contribution in [0.15, 0.2) is 24.3 Å². The standard InChI is InChI=1S/C15H24N2O2S/c1-17(2)12-14-6-4-3-5-13(14)11-16-15-7-9-20(18,19)10-8-15/h3-6,15-16H,7-12H2,1-2H3. The third kappa shape index (κ3) is 4.58. The van der Waals surface area contributed by atoms with Gasteiger partial charge in [0.15, 0.2) is 0 Å². The molecule has 0 bridgehead atoms. The van der Waals surface area contributed by atoms with Crippen LogP contribution in [0, 0.1) is 0 Å². The Morgan fingerprint density at radius 1 is 1.15 bits per heavy atom. The second-order valence-electron chi connectivity index (χ2n) is 5.81. The smallest absolute Gasteiger partial charge is 0.150 e. The average molecular weight is 296 g/mol. The lowest BCUT2D eigenvalue weighted by molar-refractivity contribution is 0.398. The zero-order valence-corrected chi connectivity index (χ0v) is 13.1. The first kappa shape index (κ1) is 15.5. The number of nitrogens with zero attached hydrogens (tertiary/aromatic N) is 1. The van der Waals surface area contributed by atoms with Crippen LogP contribution in [0.3, 0.4) is 0 Å². The molecule has 0 aromatic heterocycles. The van der Waals surface area contributed by atoms with Crippen LogP contribution in [0.4, 0.5) is 0 Å². The van der Waals surface area contributed by atoms with E-state index < -0.39 is 9.84 Å². The van der Waals surface area contributed by atoms with Crippen molar-refractivity contribution in [2.24, 2.45) is 0 Å². The van der Waals surface area contributed by atoms with Gasteiger partial charge in [-0.25, -0.2) is 8.42 Å². The fraction of sp³-hybridized carbons (Fsp3) is 0.600. The fourth-order valence-electron chi connectivity index (χ4n) is 2.57. The molecule has 0 atom stereocenters. The molecule has 1 aliphatic heterocycles. The summed E-state index contributed by atoms with van der Waals surface area (Å²) in [5.41, 5.74) is 2.63.